The Morgan fingerprint density at radius 2 is 0.873 bits per heavy atom. The number of aromatic nitrogens is 3. The summed E-state index contributed by atoms with van der Waals surface area (Å²) in [6.07, 6.45) is 0. The van der Waals surface area contributed by atoms with Crippen molar-refractivity contribution in [1.29, 1.82) is 0 Å². The summed E-state index contributed by atoms with van der Waals surface area (Å²) in [5.41, 5.74) is 9.14. The Labute approximate surface area is 317 Å². The van der Waals surface area contributed by atoms with E-state index in [1.54, 1.807) is 0 Å². The molecule has 0 atom stereocenters. The summed E-state index contributed by atoms with van der Waals surface area (Å²) in [4.78, 5) is 15.4. The number of para-hydroxylation sites is 1. The Kier molecular flexibility index (Phi) is 7.14. The van der Waals surface area contributed by atoms with Crippen molar-refractivity contribution in [3.63, 3.8) is 0 Å². The lowest BCUT2D eigenvalue weighted by Gasteiger charge is -2.14. The Bertz CT molecular complexity index is 3260. The lowest BCUT2D eigenvalue weighted by molar-refractivity contribution is 0.669. The fourth-order valence-electron chi connectivity index (χ4n) is 8.00. The SMILES string of the molecule is c1ccc(-c2cccc(-c3ccc4c(ccc5c(-c6nc(-c7ccccc7)nc(-c7ccc8ccccc8c7)n6)cc6oc7ccccc7c6c54)c3)c2)cc1. The summed E-state index contributed by atoms with van der Waals surface area (Å²) in [7, 11) is 0. The predicted molar refractivity (Wildman–Crippen MR) is 227 cm³/mol. The Morgan fingerprint density at radius 3 is 1.71 bits per heavy atom. The Hall–Kier alpha value is -7.43. The smallest absolute Gasteiger partial charge is 0.164 e. The van der Waals surface area contributed by atoms with E-state index in [0.717, 1.165) is 65.6 Å². The Balaban J connectivity index is 1.16. The topological polar surface area (TPSA) is 51.8 Å². The van der Waals surface area contributed by atoms with Gasteiger partial charge in [0.15, 0.2) is 17.5 Å². The van der Waals surface area contributed by atoms with Gasteiger partial charge in [-0.15, -0.1) is 0 Å². The van der Waals surface area contributed by atoms with Gasteiger partial charge in [-0.1, -0.05) is 158 Å². The molecule has 0 N–H and O–H groups in total. The van der Waals surface area contributed by atoms with Gasteiger partial charge in [0.2, 0.25) is 0 Å². The molecule has 0 fully saturated rings. The maximum Gasteiger partial charge on any atom is 0.164 e. The first-order chi connectivity index (χ1) is 27.2. The van der Waals surface area contributed by atoms with E-state index in [-0.39, 0.29) is 0 Å². The zero-order valence-corrected chi connectivity index (χ0v) is 29.6. The molecule has 256 valence electrons. The molecule has 0 saturated carbocycles. The van der Waals surface area contributed by atoms with Crippen LogP contribution >= 0.6 is 0 Å². The summed E-state index contributed by atoms with van der Waals surface area (Å²) < 4.78 is 6.63. The van der Waals surface area contributed by atoms with Crippen LogP contribution in [-0.4, -0.2) is 15.0 Å². The third-order valence-electron chi connectivity index (χ3n) is 10.7. The van der Waals surface area contributed by atoms with E-state index < -0.39 is 0 Å². The number of fused-ring (bicyclic) bond motifs is 8. The summed E-state index contributed by atoms with van der Waals surface area (Å²) in [6.45, 7) is 0. The molecule has 11 rings (SSSR count). The van der Waals surface area contributed by atoms with E-state index in [9.17, 15) is 0 Å². The molecule has 4 heteroatoms. The van der Waals surface area contributed by atoms with Gasteiger partial charge in [0.25, 0.3) is 0 Å². The van der Waals surface area contributed by atoms with Crippen LogP contribution in [0.15, 0.2) is 192 Å². The fraction of sp³-hybridized carbons (Fsp3) is 0. The van der Waals surface area contributed by atoms with Crippen molar-refractivity contribution in [2.24, 2.45) is 0 Å². The van der Waals surface area contributed by atoms with E-state index >= 15 is 0 Å². The maximum absolute atomic E-state index is 6.63. The van der Waals surface area contributed by atoms with Gasteiger partial charge in [-0.2, -0.15) is 0 Å². The molecule has 2 aromatic heterocycles. The highest BCUT2D eigenvalue weighted by Crippen LogP contribution is 2.43. The number of nitrogens with zero attached hydrogens (tertiary/aromatic N) is 3. The quantitative estimate of drug-likeness (QED) is 0.168. The van der Waals surface area contributed by atoms with Crippen LogP contribution in [0.5, 0.6) is 0 Å². The van der Waals surface area contributed by atoms with Crippen LogP contribution in [0.2, 0.25) is 0 Å². The van der Waals surface area contributed by atoms with Crippen LogP contribution < -0.4 is 0 Å². The first kappa shape index (κ1) is 31.1. The zero-order chi connectivity index (χ0) is 36.3. The number of hydrogen-bond donors (Lipinski definition) is 0. The van der Waals surface area contributed by atoms with Crippen LogP contribution in [-0.2, 0) is 0 Å². The predicted octanol–water partition coefficient (Wildman–Crippen LogP) is 13.6. The first-order valence-electron chi connectivity index (χ1n) is 18.5. The van der Waals surface area contributed by atoms with Crippen molar-refractivity contribution in [3.05, 3.63) is 188 Å². The first-order valence-corrected chi connectivity index (χ1v) is 18.5. The second-order valence-corrected chi connectivity index (χ2v) is 14.0. The average molecular weight is 702 g/mol. The van der Waals surface area contributed by atoms with Crippen molar-refractivity contribution in [2.45, 2.75) is 0 Å². The minimum atomic E-state index is 0.595. The molecule has 4 nitrogen and oxygen atoms in total. The highest BCUT2D eigenvalue weighted by Gasteiger charge is 2.21. The molecule has 0 aliphatic rings. The molecular formula is C51H31N3O. The normalized spacial score (nSPS) is 11.6. The van der Waals surface area contributed by atoms with E-state index in [1.165, 1.54) is 27.6 Å². The molecule has 0 unspecified atom stereocenters. The largest absolute Gasteiger partial charge is 0.456 e. The van der Waals surface area contributed by atoms with Gasteiger partial charge in [-0.3, -0.25) is 0 Å². The fourth-order valence-corrected chi connectivity index (χ4v) is 8.00. The monoisotopic (exact) mass is 701 g/mol. The maximum atomic E-state index is 6.63. The average Bonchev–Trinajstić information content (AvgIpc) is 3.64. The number of hydrogen-bond acceptors (Lipinski definition) is 4. The summed E-state index contributed by atoms with van der Waals surface area (Å²) in [5, 5.41) is 8.94. The minimum Gasteiger partial charge on any atom is -0.456 e. The highest BCUT2D eigenvalue weighted by atomic mass is 16.3. The number of rotatable bonds is 5. The van der Waals surface area contributed by atoms with Gasteiger partial charge in [-0.05, 0) is 79.5 Å². The highest BCUT2D eigenvalue weighted by molar-refractivity contribution is 6.29. The molecule has 0 bridgehead atoms. The number of benzene rings is 9. The lowest BCUT2D eigenvalue weighted by atomic mass is 9.92. The van der Waals surface area contributed by atoms with Crippen LogP contribution in [0.1, 0.15) is 0 Å². The summed E-state index contributed by atoms with van der Waals surface area (Å²) >= 11 is 0. The molecule has 2 heterocycles. The van der Waals surface area contributed by atoms with Gasteiger partial charge in [0, 0.05) is 32.8 Å². The van der Waals surface area contributed by atoms with Crippen LogP contribution in [0.3, 0.4) is 0 Å². The van der Waals surface area contributed by atoms with Gasteiger partial charge in [-0.25, -0.2) is 15.0 Å². The second kappa shape index (κ2) is 12.6. The lowest BCUT2D eigenvalue weighted by Crippen LogP contribution is -2.00. The summed E-state index contributed by atoms with van der Waals surface area (Å²) in [6, 6.07) is 65.8. The van der Waals surface area contributed by atoms with Gasteiger partial charge in [0.05, 0.1) is 0 Å². The molecule has 0 saturated heterocycles. The van der Waals surface area contributed by atoms with E-state index in [2.05, 4.69) is 146 Å². The second-order valence-electron chi connectivity index (χ2n) is 14.0. The molecule has 0 aliphatic carbocycles. The molecule has 0 aliphatic heterocycles. The van der Waals surface area contributed by atoms with Gasteiger partial charge in [0.1, 0.15) is 11.2 Å². The molecule has 55 heavy (non-hydrogen) atoms. The zero-order valence-electron chi connectivity index (χ0n) is 29.6. The van der Waals surface area contributed by atoms with Crippen LogP contribution in [0, 0.1) is 0 Å². The van der Waals surface area contributed by atoms with Crippen molar-refractivity contribution >= 4 is 54.3 Å². The van der Waals surface area contributed by atoms with Gasteiger partial charge >= 0.3 is 0 Å². The van der Waals surface area contributed by atoms with Crippen molar-refractivity contribution in [3.8, 4) is 56.4 Å². The van der Waals surface area contributed by atoms with Crippen LogP contribution in [0.25, 0.3) is 111 Å². The number of furan rings is 1. The van der Waals surface area contributed by atoms with Crippen molar-refractivity contribution < 1.29 is 4.42 Å². The van der Waals surface area contributed by atoms with Crippen molar-refractivity contribution in [2.75, 3.05) is 0 Å². The molecule has 0 radical (unpaired) electrons. The Morgan fingerprint density at radius 1 is 0.291 bits per heavy atom. The van der Waals surface area contributed by atoms with E-state index in [4.69, 9.17) is 19.4 Å². The third kappa shape index (κ3) is 5.34. The van der Waals surface area contributed by atoms with Crippen molar-refractivity contribution in [1.82, 2.24) is 15.0 Å². The van der Waals surface area contributed by atoms with Gasteiger partial charge < -0.3 is 4.42 Å². The molecule has 9 aromatic carbocycles. The van der Waals surface area contributed by atoms with E-state index in [0.29, 0.717) is 17.5 Å². The van der Waals surface area contributed by atoms with Crippen LogP contribution in [0.4, 0.5) is 0 Å². The van der Waals surface area contributed by atoms with E-state index in [1.807, 2.05) is 42.5 Å². The minimum absolute atomic E-state index is 0.595. The summed E-state index contributed by atoms with van der Waals surface area (Å²) in [5.74, 6) is 1.84. The molecule has 0 amide bonds. The third-order valence-corrected chi connectivity index (χ3v) is 10.7. The standard InChI is InChI=1S/C51H31N3O/c1-3-12-32(13-4-1)36-18-11-19-37(28-36)38-24-26-41-39(29-38)25-27-42-44(31-46-48(47(41)42)43-20-9-10-21-45(43)55-46)51-53-49(34-15-5-2-6-16-34)52-50(54-51)40-23-22-33-14-7-8-17-35(33)30-40/h1-31H. The molecule has 11 aromatic rings. The molecule has 0 spiro atoms. The molecular weight excluding hydrogens is 671 g/mol.